The Kier molecular flexibility index (Phi) is 5.53. The molecule has 2 heterocycles. The molecule has 3 rings (SSSR count). The molecule has 0 saturated carbocycles. The molecule has 0 aliphatic carbocycles. The molecule has 1 aliphatic rings. The van der Waals surface area contributed by atoms with E-state index >= 15 is 0 Å². The molecule has 1 N–H and O–H groups in total. The number of hydrogen-bond donors (Lipinski definition) is 1. The van der Waals surface area contributed by atoms with E-state index in [1.807, 2.05) is 12.4 Å². The first-order valence-electron chi connectivity index (χ1n) is 8.84. The van der Waals surface area contributed by atoms with Crippen molar-refractivity contribution in [2.24, 2.45) is 0 Å². The molecule has 0 unspecified atom stereocenters. The van der Waals surface area contributed by atoms with Gasteiger partial charge in [-0.05, 0) is 38.5 Å². The van der Waals surface area contributed by atoms with Crippen molar-refractivity contribution >= 4 is 5.69 Å². The Bertz CT molecular complexity index is 644. The Morgan fingerprint density at radius 2 is 2.04 bits per heavy atom. The van der Waals surface area contributed by atoms with Crippen molar-refractivity contribution in [3.8, 4) is 0 Å². The van der Waals surface area contributed by atoms with E-state index in [0.717, 1.165) is 44.2 Å². The van der Waals surface area contributed by atoms with E-state index < -0.39 is 0 Å². The molecule has 1 aromatic heterocycles. The summed E-state index contributed by atoms with van der Waals surface area (Å²) >= 11 is 0. The summed E-state index contributed by atoms with van der Waals surface area (Å²) in [6.07, 6.45) is 4.50. The van der Waals surface area contributed by atoms with Gasteiger partial charge in [0.25, 0.3) is 0 Å². The zero-order valence-corrected chi connectivity index (χ0v) is 14.9. The Balaban J connectivity index is 1.59. The summed E-state index contributed by atoms with van der Waals surface area (Å²) in [4.78, 5) is 6.89. The average molecular weight is 328 g/mol. The van der Waals surface area contributed by atoms with Crippen LogP contribution < -0.4 is 5.32 Å². The molecule has 5 nitrogen and oxygen atoms in total. The zero-order chi connectivity index (χ0) is 16.9. The van der Waals surface area contributed by atoms with Crippen molar-refractivity contribution in [3.05, 3.63) is 48.0 Å². The van der Waals surface area contributed by atoms with Crippen molar-refractivity contribution in [1.82, 2.24) is 14.5 Å². The summed E-state index contributed by atoms with van der Waals surface area (Å²) in [6.45, 7) is 11.1. The van der Waals surface area contributed by atoms with Crippen molar-refractivity contribution < 1.29 is 4.74 Å². The molecule has 0 radical (unpaired) electrons. The molecule has 24 heavy (non-hydrogen) atoms. The number of benzene rings is 1. The Hall–Kier alpha value is -1.85. The van der Waals surface area contributed by atoms with Crippen molar-refractivity contribution in [2.45, 2.75) is 52.6 Å². The SMILES string of the molecule is CCn1ccnc1CNc1cccc(CN2C[C@@H](C)O[C@H](C)C2)c1. The van der Waals surface area contributed by atoms with Gasteiger partial charge in [-0.3, -0.25) is 4.90 Å². The summed E-state index contributed by atoms with van der Waals surface area (Å²) < 4.78 is 7.98. The topological polar surface area (TPSA) is 42.3 Å². The summed E-state index contributed by atoms with van der Waals surface area (Å²) in [7, 11) is 0. The van der Waals surface area contributed by atoms with Crippen molar-refractivity contribution in [3.63, 3.8) is 0 Å². The minimum atomic E-state index is 0.308. The summed E-state index contributed by atoms with van der Waals surface area (Å²) in [5, 5.41) is 3.49. The number of morpholine rings is 1. The predicted molar refractivity (Wildman–Crippen MR) is 97.0 cm³/mol. The maximum atomic E-state index is 5.82. The van der Waals surface area contributed by atoms with Gasteiger partial charge in [-0.1, -0.05) is 12.1 Å². The van der Waals surface area contributed by atoms with Gasteiger partial charge in [-0.2, -0.15) is 0 Å². The minimum Gasteiger partial charge on any atom is -0.378 e. The lowest BCUT2D eigenvalue weighted by Gasteiger charge is -2.35. The molecule has 0 bridgehead atoms. The third-order valence-corrected chi connectivity index (χ3v) is 4.42. The van der Waals surface area contributed by atoms with Gasteiger partial charge in [0.2, 0.25) is 0 Å². The number of aromatic nitrogens is 2. The number of ether oxygens (including phenoxy) is 1. The molecule has 2 aromatic rings. The smallest absolute Gasteiger partial charge is 0.128 e. The van der Waals surface area contributed by atoms with Crippen LogP contribution in [0.5, 0.6) is 0 Å². The molecular formula is C19H28N4O. The lowest BCUT2D eigenvalue weighted by Crippen LogP contribution is -2.44. The predicted octanol–water partition coefficient (Wildman–Crippen LogP) is 3.12. The second-order valence-electron chi connectivity index (χ2n) is 6.63. The molecule has 1 fully saturated rings. The Labute approximate surface area is 144 Å². The molecule has 2 atom stereocenters. The molecule has 1 saturated heterocycles. The highest BCUT2D eigenvalue weighted by molar-refractivity contribution is 5.45. The van der Waals surface area contributed by atoms with Gasteiger partial charge >= 0.3 is 0 Å². The van der Waals surface area contributed by atoms with Gasteiger partial charge in [0, 0.05) is 44.3 Å². The second-order valence-corrected chi connectivity index (χ2v) is 6.63. The number of nitrogens with one attached hydrogen (secondary N) is 1. The first-order chi connectivity index (χ1) is 11.6. The van der Waals surface area contributed by atoms with Gasteiger partial charge in [0.05, 0.1) is 18.8 Å². The van der Waals surface area contributed by atoms with Crippen LogP contribution in [0.1, 0.15) is 32.2 Å². The van der Waals surface area contributed by atoms with E-state index in [2.05, 4.69) is 64.8 Å². The van der Waals surface area contributed by atoms with E-state index in [0.29, 0.717) is 12.2 Å². The lowest BCUT2D eigenvalue weighted by atomic mass is 10.1. The van der Waals surface area contributed by atoms with E-state index in [9.17, 15) is 0 Å². The van der Waals surface area contributed by atoms with Gasteiger partial charge in [-0.15, -0.1) is 0 Å². The fraction of sp³-hybridized carbons (Fsp3) is 0.526. The van der Waals surface area contributed by atoms with Gasteiger partial charge in [-0.25, -0.2) is 4.98 Å². The van der Waals surface area contributed by atoms with Crippen LogP contribution >= 0.6 is 0 Å². The summed E-state index contributed by atoms with van der Waals surface area (Å²) in [5.41, 5.74) is 2.48. The minimum absolute atomic E-state index is 0.308. The van der Waals surface area contributed by atoms with Crippen LogP contribution in [0.15, 0.2) is 36.7 Å². The van der Waals surface area contributed by atoms with Crippen LogP contribution in [-0.4, -0.2) is 39.7 Å². The highest BCUT2D eigenvalue weighted by atomic mass is 16.5. The monoisotopic (exact) mass is 328 g/mol. The molecule has 5 heteroatoms. The van der Waals surface area contributed by atoms with Crippen LogP contribution in [-0.2, 0) is 24.4 Å². The fourth-order valence-corrected chi connectivity index (χ4v) is 3.43. The third kappa shape index (κ3) is 4.36. The van der Waals surface area contributed by atoms with Crippen molar-refractivity contribution in [2.75, 3.05) is 18.4 Å². The second kappa shape index (κ2) is 7.81. The quantitative estimate of drug-likeness (QED) is 0.885. The van der Waals surface area contributed by atoms with Crippen molar-refractivity contribution in [1.29, 1.82) is 0 Å². The van der Waals surface area contributed by atoms with Crippen LogP contribution in [0.2, 0.25) is 0 Å². The molecule has 1 aromatic carbocycles. The number of nitrogens with zero attached hydrogens (tertiary/aromatic N) is 3. The largest absolute Gasteiger partial charge is 0.378 e. The number of anilines is 1. The molecule has 130 valence electrons. The van der Waals surface area contributed by atoms with Crippen LogP contribution in [0.4, 0.5) is 5.69 Å². The van der Waals surface area contributed by atoms with E-state index in [-0.39, 0.29) is 0 Å². The number of rotatable bonds is 6. The first kappa shape index (κ1) is 17.0. The van der Waals surface area contributed by atoms with E-state index in [1.165, 1.54) is 5.56 Å². The maximum absolute atomic E-state index is 5.82. The fourth-order valence-electron chi connectivity index (χ4n) is 3.43. The first-order valence-corrected chi connectivity index (χ1v) is 8.84. The van der Waals surface area contributed by atoms with Crippen LogP contribution in [0.25, 0.3) is 0 Å². The molecule has 1 aliphatic heterocycles. The summed E-state index contributed by atoms with van der Waals surface area (Å²) in [6, 6.07) is 8.68. The van der Waals surface area contributed by atoms with Gasteiger partial charge < -0.3 is 14.6 Å². The third-order valence-electron chi connectivity index (χ3n) is 4.42. The molecular weight excluding hydrogens is 300 g/mol. The highest BCUT2D eigenvalue weighted by Gasteiger charge is 2.21. The highest BCUT2D eigenvalue weighted by Crippen LogP contribution is 2.17. The normalized spacial score (nSPS) is 21.8. The van der Waals surface area contributed by atoms with Crippen LogP contribution in [0.3, 0.4) is 0 Å². The Morgan fingerprint density at radius 1 is 1.25 bits per heavy atom. The van der Waals surface area contributed by atoms with E-state index in [1.54, 1.807) is 0 Å². The van der Waals surface area contributed by atoms with Crippen LogP contribution in [0, 0.1) is 0 Å². The molecule has 0 spiro atoms. The standard InChI is InChI=1S/C19H28N4O/c1-4-23-9-8-20-19(23)11-21-18-7-5-6-17(10-18)14-22-12-15(2)24-16(3)13-22/h5-10,15-16,21H,4,11-14H2,1-3H3/t15-,16-/m1/s1. The van der Waals surface area contributed by atoms with E-state index in [4.69, 9.17) is 4.74 Å². The lowest BCUT2D eigenvalue weighted by molar-refractivity contribution is -0.0704. The van der Waals surface area contributed by atoms with Gasteiger partial charge in [0.15, 0.2) is 0 Å². The molecule has 0 amide bonds. The number of hydrogen-bond acceptors (Lipinski definition) is 4. The Morgan fingerprint density at radius 3 is 2.79 bits per heavy atom. The zero-order valence-electron chi connectivity index (χ0n) is 14.9. The number of aryl methyl sites for hydroxylation is 1. The maximum Gasteiger partial charge on any atom is 0.128 e. The average Bonchev–Trinajstić information content (AvgIpc) is 3.00. The van der Waals surface area contributed by atoms with Gasteiger partial charge in [0.1, 0.15) is 5.82 Å². The number of imidazole rings is 1. The summed E-state index contributed by atoms with van der Waals surface area (Å²) in [5.74, 6) is 1.07.